The van der Waals surface area contributed by atoms with Crippen LogP contribution < -0.4 is 10.1 Å². The molecule has 17 heavy (non-hydrogen) atoms. The highest BCUT2D eigenvalue weighted by Gasteiger charge is 2.12. The van der Waals surface area contributed by atoms with Crippen molar-refractivity contribution in [3.05, 3.63) is 5.01 Å². The lowest BCUT2D eigenvalue weighted by atomic mass is 10.1. The highest BCUT2D eigenvalue weighted by atomic mass is 32.1. The van der Waals surface area contributed by atoms with E-state index in [-0.39, 0.29) is 6.10 Å². The summed E-state index contributed by atoms with van der Waals surface area (Å²) < 4.78 is 5.70. The van der Waals surface area contributed by atoms with Crippen LogP contribution >= 0.6 is 11.3 Å². The summed E-state index contributed by atoms with van der Waals surface area (Å²) in [6.07, 6.45) is 0.180. The molecule has 0 fully saturated rings. The first-order valence-electron chi connectivity index (χ1n) is 6.18. The van der Waals surface area contributed by atoms with E-state index >= 15 is 0 Å². The number of nitrogens with zero attached hydrogens (tertiary/aromatic N) is 2. The van der Waals surface area contributed by atoms with Crippen LogP contribution in [-0.4, -0.2) is 22.8 Å². The van der Waals surface area contributed by atoms with Crippen molar-refractivity contribution in [2.24, 2.45) is 11.8 Å². The maximum absolute atomic E-state index is 5.70. The predicted octanol–water partition coefficient (Wildman–Crippen LogP) is 2.71. The zero-order chi connectivity index (χ0) is 12.8. The number of ether oxygens (including phenoxy) is 1. The van der Waals surface area contributed by atoms with Crippen LogP contribution in [0.5, 0.6) is 5.19 Å². The summed E-state index contributed by atoms with van der Waals surface area (Å²) in [5, 5.41) is 13.1. The number of hydrogen-bond donors (Lipinski definition) is 1. The maximum atomic E-state index is 5.70. The van der Waals surface area contributed by atoms with Gasteiger partial charge in [0.05, 0.1) is 0 Å². The largest absolute Gasteiger partial charge is 0.466 e. The second kappa shape index (κ2) is 6.91. The van der Waals surface area contributed by atoms with E-state index in [2.05, 4.69) is 50.1 Å². The SMILES string of the molecule is CC(C)CNCc1nnc(OC(C)C(C)C)s1. The van der Waals surface area contributed by atoms with Crippen LogP contribution in [0.4, 0.5) is 0 Å². The summed E-state index contributed by atoms with van der Waals surface area (Å²) in [5.74, 6) is 1.14. The van der Waals surface area contributed by atoms with Crippen LogP contribution in [0, 0.1) is 11.8 Å². The van der Waals surface area contributed by atoms with Crippen molar-refractivity contribution in [1.29, 1.82) is 0 Å². The zero-order valence-corrected chi connectivity index (χ0v) is 12.2. The lowest BCUT2D eigenvalue weighted by Crippen LogP contribution is -2.18. The fourth-order valence-electron chi connectivity index (χ4n) is 1.12. The molecule has 1 unspecified atom stereocenters. The summed E-state index contributed by atoms with van der Waals surface area (Å²) >= 11 is 1.52. The van der Waals surface area contributed by atoms with Crippen LogP contribution in [-0.2, 0) is 6.54 Å². The third-order valence-corrected chi connectivity index (χ3v) is 3.32. The fourth-order valence-corrected chi connectivity index (χ4v) is 1.86. The van der Waals surface area contributed by atoms with Gasteiger partial charge in [-0.1, -0.05) is 44.1 Å². The van der Waals surface area contributed by atoms with Crippen molar-refractivity contribution >= 4 is 11.3 Å². The molecule has 1 atom stereocenters. The summed E-state index contributed by atoms with van der Waals surface area (Å²) in [6, 6.07) is 0. The molecule has 0 radical (unpaired) electrons. The third kappa shape index (κ3) is 5.46. The highest BCUT2D eigenvalue weighted by Crippen LogP contribution is 2.20. The van der Waals surface area contributed by atoms with Crippen LogP contribution in [0.3, 0.4) is 0 Å². The Hall–Kier alpha value is -0.680. The second-order valence-electron chi connectivity index (χ2n) is 5.05. The molecule has 0 amide bonds. The molecule has 0 aliphatic carbocycles. The molecular weight excluding hydrogens is 234 g/mol. The van der Waals surface area contributed by atoms with E-state index in [4.69, 9.17) is 4.74 Å². The van der Waals surface area contributed by atoms with Crippen LogP contribution in [0.1, 0.15) is 39.6 Å². The van der Waals surface area contributed by atoms with Gasteiger partial charge in [0.2, 0.25) is 0 Å². The summed E-state index contributed by atoms with van der Waals surface area (Å²) in [7, 11) is 0. The molecule has 0 aliphatic heterocycles. The average molecular weight is 257 g/mol. The van der Waals surface area contributed by atoms with Gasteiger partial charge >= 0.3 is 0 Å². The van der Waals surface area contributed by atoms with Crippen molar-refractivity contribution in [2.75, 3.05) is 6.54 Å². The first kappa shape index (κ1) is 14.4. The van der Waals surface area contributed by atoms with Crippen LogP contribution in [0.25, 0.3) is 0 Å². The van der Waals surface area contributed by atoms with Gasteiger partial charge in [0.25, 0.3) is 5.19 Å². The number of hydrogen-bond acceptors (Lipinski definition) is 5. The molecular formula is C12H23N3OS. The molecule has 0 saturated heterocycles. The van der Waals surface area contributed by atoms with Crippen molar-refractivity contribution < 1.29 is 4.74 Å². The van der Waals surface area contributed by atoms with Gasteiger partial charge in [0, 0.05) is 6.54 Å². The lowest BCUT2D eigenvalue weighted by molar-refractivity contribution is 0.168. The molecule has 98 valence electrons. The Morgan fingerprint density at radius 1 is 1.18 bits per heavy atom. The van der Waals surface area contributed by atoms with Gasteiger partial charge in [0.1, 0.15) is 11.1 Å². The number of nitrogens with one attached hydrogen (secondary N) is 1. The minimum absolute atomic E-state index is 0.180. The standard InChI is InChI=1S/C12H23N3OS/c1-8(2)6-13-7-11-14-15-12(17-11)16-10(5)9(3)4/h8-10,13H,6-7H2,1-5H3. The van der Waals surface area contributed by atoms with Crippen molar-refractivity contribution in [1.82, 2.24) is 15.5 Å². The molecule has 1 N–H and O–H groups in total. The molecule has 1 aromatic heterocycles. The Morgan fingerprint density at radius 3 is 2.47 bits per heavy atom. The average Bonchev–Trinajstić information content (AvgIpc) is 2.65. The van der Waals surface area contributed by atoms with Crippen molar-refractivity contribution in [3.63, 3.8) is 0 Å². The Bertz CT molecular complexity index is 325. The Kier molecular flexibility index (Phi) is 5.85. The highest BCUT2D eigenvalue weighted by molar-refractivity contribution is 7.13. The molecule has 1 rings (SSSR count). The van der Waals surface area contributed by atoms with Gasteiger partial charge in [-0.2, -0.15) is 0 Å². The fraction of sp³-hybridized carbons (Fsp3) is 0.833. The molecule has 0 bridgehead atoms. The normalized spacial score (nSPS) is 13.4. The van der Waals surface area contributed by atoms with Gasteiger partial charge < -0.3 is 10.1 Å². The Balaban J connectivity index is 2.37. The van der Waals surface area contributed by atoms with Gasteiger partial charge in [-0.25, -0.2) is 0 Å². The third-order valence-electron chi connectivity index (χ3n) is 2.50. The molecule has 4 nitrogen and oxygen atoms in total. The quantitative estimate of drug-likeness (QED) is 0.816. The molecule has 1 heterocycles. The molecule has 1 aromatic rings. The van der Waals surface area contributed by atoms with Crippen molar-refractivity contribution in [2.45, 2.75) is 47.3 Å². The molecule has 0 spiro atoms. The topological polar surface area (TPSA) is 47.0 Å². The number of rotatable bonds is 7. The van der Waals surface area contributed by atoms with Gasteiger partial charge in [0.15, 0.2) is 0 Å². The van der Waals surface area contributed by atoms with Crippen LogP contribution in [0.15, 0.2) is 0 Å². The minimum atomic E-state index is 0.180. The van der Waals surface area contributed by atoms with E-state index in [0.717, 1.165) is 18.1 Å². The van der Waals surface area contributed by atoms with Gasteiger partial charge in [-0.05, 0) is 25.3 Å². The minimum Gasteiger partial charge on any atom is -0.466 e. The Labute approximate surface area is 108 Å². The van der Waals surface area contributed by atoms with Gasteiger partial charge in [-0.15, -0.1) is 5.10 Å². The first-order valence-corrected chi connectivity index (χ1v) is 7.00. The van der Waals surface area contributed by atoms with Crippen LogP contribution in [0.2, 0.25) is 0 Å². The molecule has 0 aliphatic rings. The van der Waals surface area contributed by atoms with Gasteiger partial charge in [-0.3, -0.25) is 0 Å². The predicted molar refractivity (Wildman–Crippen MR) is 71.4 cm³/mol. The lowest BCUT2D eigenvalue weighted by Gasteiger charge is -2.14. The zero-order valence-electron chi connectivity index (χ0n) is 11.4. The molecule has 0 aromatic carbocycles. The van der Waals surface area contributed by atoms with E-state index in [1.807, 2.05) is 0 Å². The van der Waals surface area contributed by atoms with Crippen molar-refractivity contribution in [3.8, 4) is 5.19 Å². The smallest absolute Gasteiger partial charge is 0.294 e. The summed E-state index contributed by atoms with van der Waals surface area (Å²) in [6.45, 7) is 12.5. The number of aromatic nitrogens is 2. The summed E-state index contributed by atoms with van der Waals surface area (Å²) in [5.41, 5.74) is 0. The van der Waals surface area contributed by atoms with E-state index in [0.29, 0.717) is 17.0 Å². The second-order valence-corrected chi connectivity index (χ2v) is 6.08. The van der Waals surface area contributed by atoms with E-state index < -0.39 is 0 Å². The molecule has 0 saturated carbocycles. The summed E-state index contributed by atoms with van der Waals surface area (Å²) in [4.78, 5) is 0. The van der Waals surface area contributed by atoms with E-state index in [9.17, 15) is 0 Å². The Morgan fingerprint density at radius 2 is 1.88 bits per heavy atom. The van der Waals surface area contributed by atoms with E-state index in [1.165, 1.54) is 11.3 Å². The first-order chi connectivity index (χ1) is 7.99. The monoisotopic (exact) mass is 257 g/mol. The maximum Gasteiger partial charge on any atom is 0.294 e. The molecule has 5 heteroatoms. The van der Waals surface area contributed by atoms with E-state index in [1.54, 1.807) is 0 Å².